The Morgan fingerprint density at radius 3 is 2.84 bits per heavy atom. The average molecular weight is 265 g/mol. The molecule has 2 atom stereocenters. The minimum Gasteiger partial charge on any atom is -0.373 e. The zero-order chi connectivity index (χ0) is 13.7. The molecule has 0 aliphatic heterocycles. The van der Waals surface area contributed by atoms with Crippen LogP contribution in [0.5, 0.6) is 0 Å². The molecule has 2 unspecified atom stereocenters. The Bertz CT molecular complexity index is 399. The molecule has 1 heterocycles. The monoisotopic (exact) mass is 265 g/mol. The molecule has 0 aromatic carbocycles. The molecular formula is C14H23N3O2. The van der Waals surface area contributed by atoms with Crippen molar-refractivity contribution in [3.63, 3.8) is 0 Å². The summed E-state index contributed by atoms with van der Waals surface area (Å²) in [4.78, 5) is 4.40. The molecule has 1 fully saturated rings. The second-order valence-corrected chi connectivity index (χ2v) is 5.18. The zero-order valence-electron chi connectivity index (χ0n) is 11.5. The number of ether oxygens (including phenoxy) is 1. The number of aromatic nitrogens is 2. The van der Waals surface area contributed by atoms with Crippen molar-refractivity contribution in [1.82, 2.24) is 10.1 Å². The Morgan fingerprint density at radius 1 is 1.47 bits per heavy atom. The Labute approximate surface area is 114 Å². The molecule has 2 N–H and O–H groups in total. The van der Waals surface area contributed by atoms with Gasteiger partial charge in [0.2, 0.25) is 11.7 Å². The lowest BCUT2D eigenvalue weighted by molar-refractivity contribution is 0.0273. The molecule has 1 aromatic rings. The number of nitrogens with zero attached hydrogens (tertiary/aromatic N) is 2. The molecule has 0 spiro atoms. The second-order valence-electron chi connectivity index (χ2n) is 5.18. The minimum atomic E-state index is -0.275. The summed E-state index contributed by atoms with van der Waals surface area (Å²) >= 11 is 0. The molecule has 0 bridgehead atoms. The average Bonchev–Trinajstić information content (AvgIpc) is 2.91. The molecule has 106 valence electrons. The van der Waals surface area contributed by atoms with E-state index in [0.29, 0.717) is 24.1 Å². The molecule has 1 aliphatic carbocycles. The largest absolute Gasteiger partial charge is 0.373 e. The van der Waals surface area contributed by atoms with Crippen molar-refractivity contribution in [1.29, 1.82) is 0 Å². The SMILES string of the molecule is C=CCC(N)c1nc(C(OC)C2CCCCC2)no1. The lowest BCUT2D eigenvalue weighted by Crippen LogP contribution is -2.19. The molecule has 1 saturated carbocycles. The van der Waals surface area contributed by atoms with E-state index >= 15 is 0 Å². The van der Waals surface area contributed by atoms with Gasteiger partial charge < -0.3 is 15.0 Å². The van der Waals surface area contributed by atoms with Crippen LogP contribution >= 0.6 is 0 Å². The summed E-state index contributed by atoms with van der Waals surface area (Å²) in [7, 11) is 1.71. The van der Waals surface area contributed by atoms with Crippen LogP contribution in [0.3, 0.4) is 0 Å². The number of hydrogen-bond donors (Lipinski definition) is 1. The van der Waals surface area contributed by atoms with E-state index in [1.807, 2.05) is 0 Å². The molecule has 0 saturated heterocycles. The maximum atomic E-state index is 5.93. The first-order chi connectivity index (χ1) is 9.26. The second kappa shape index (κ2) is 6.82. The standard InChI is InChI=1S/C14H23N3O2/c1-3-7-11(15)14-16-13(17-19-14)12(18-2)10-8-5-4-6-9-10/h3,10-12H,1,4-9,15H2,2H3. The highest BCUT2D eigenvalue weighted by Gasteiger charge is 2.29. The van der Waals surface area contributed by atoms with Gasteiger partial charge in [0, 0.05) is 7.11 Å². The first kappa shape index (κ1) is 14.2. The molecule has 0 amide bonds. The van der Waals surface area contributed by atoms with E-state index in [4.69, 9.17) is 15.0 Å². The highest BCUT2D eigenvalue weighted by molar-refractivity contribution is 4.99. The van der Waals surface area contributed by atoms with Crippen LogP contribution < -0.4 is 5.73 Å². The van der Waals surface area contributed by atoms with Crippen LogP contribution in [-0.2, 0) is 4.74 Å². The van der Waals surface area contributed by atoms with Crippen LogP contribution in [-0.4, -0.2) is 17.3 Å². The van der Waals surface area contributed by atoms with Gasteiger partial charge in [-0.3, -0.25) is 0 Å². The van der Waals surface area contributed by atoms with Crippen molar-refractivity contribution in [2.24, 2.45) is 11.7 Å². The van der Waals surface area contributed by atoms with Crippen LogP contribution in [0.2, 0.25) is 0 Å². The highest BCUT2D eigenvalue weighted by atomic mass is 16.5. The van der Waals surface area contributed by atoms with Crippen LogP contribution in [0, 0.1) is 5.92 Å². The Morgan fingerprint density at radius 2 is 2.21 bits per heavy atom. The molecular weight excluding hydrogens is 242 g/mol. The predicted octanol–water partition coefficient (Wildman–Crippen LogP) is 2.91. The molecule has 19 heavy (non-hydrogen) atoms. The van der Waals surface area contributed by atoms with Gasteiger partial charge in [0.1, 0.15) is 6.10 Å². The molecule has 5 heteroatoms. The summed E-state index contributed by atoms with van der Waals surface area (Å²) in [5, 5.41) is 4.04. The van der Waals surface area contributed by atoms with Crippen molar-refractivity contribution in [2.45, 2.75) is 50.7 Å². The van der Waals surface area contributed by atoms with Crippen LogP contribution in [0.25, 0.3) is 0 Å². The third kappa shape index (κ3) is 3.42. The van der Waals surface area contributed by atoms with Crippen molar-refractivity contribution in [3.05, 3.63) is 24.4 Å². The van der Waals surface area contributed by atoms with Gasteiger partial charge in [0.15, 0.2) is 0 Å². The van der Waals surface area contributed by atoms with Crippen molar-refractivity contribution >= 4 is 0 Å². The van der Waals surface area contributed by atoms with Gasteiger partial charge in [0.05, 0.1) is 6.04 Å². The summed E-state index contributed by atoms with van der Waals surface area (Å²) in [6.07, 6.45) is 8.47. The lowest BCUT2D eigenvalue weighted by Gasteiger charge is -2.26. The Balaban J connectivity index is 2.07. The lowest BCUT2D eigenvalue weighted by atomic mass is 9.85. The van der Waals surface area contributed by atoms with E-state index in [0.717, 1.165) is 0 Å². The first-order valence-corrected chi connectivity index (χ1v) is 6.99. The number of nitrogens with two attached hydrogens (primary N) is 1. The van der Waals surface area contributed by atoms with Gasteiger partial charge in [-0.2, -0.15) is 4.98 Å². The maximum Gasteiger partial charge on any atom is 0.243 e. The smallest absolute Gasteiger partial charge is 0.243 e. The third-order valence-corrected chi connectivity index (χ3v) is 3.78. The van der Waals surface area contributed by atoms with E-state index in [2.05, 4.69) is 16.7 Å². The van der Waals surface area contributed by atoms with Crippen LogP contribution in [0.15, 0.2) is 17.2 Å². The van der Waals surface area contributed by atoms with E-state index in [1.165, 1.54) is 32.1 Å². The third-order valence-electron chi connectivity index (χ3n) is 3.78. The summed E-state index contributed by atoms with van der Waals surface area (Å²) in [6, 6.07) is -0.275. The van der Waals surface area contributed by atoms with Crippen molar-refractivity contribution < 1.29 is 9.26 Å². The van der Waals surface area contributed by atoms with E-state index in [1.54, 1.807) is 13.2 Å². The number of hydrogen-bond acceptors (Lipinski definition) is 5. The first-order valence-electron chi connectivity index (χ1n) is 6.99. The van der Waals surface area contributed by atoms with E-state index in [-0.39, 0.29) is 12.1 Å². The highest BCUT2D eigenvalue weighted by Crippen LogP contribution is 2.35. The molecule has 1 aromatic heterocycles. The van der Waals surface area contributed by atoms with Gasteiger partial charge in [-0.25, -0.2) is 0 Å². The summed E-state index contributed by atoms with van der Waals surface area (Å²) in [6.45, 7) is 3.66. The fourth-order valence-electron chi connectivity index (χ4n) is 2.74. The number of methoxy groups -OCH3 is 1. The van der Waals surface area contributed by atoms with Gasteiger partial charge in [-0.15, -0.1) is 6.58 Å². The topological polar surface area (TPSA) is 74.2 Å². The van der Waals surface area contributed by atoms with Gasteiger partial charge in [0.25, 0.3) is 0 Å². The Kier molecular flexibility index (Phi) is 5.10. The van der Waals surface area contributed by atoms with Crippen LogP contribution in [0.4, 0.5) is 0 Å². The fraction of sp³-hybridized carbons (Fsp3) is 0.714. The molecule has 1 aliphatic rings. The summed E-state index contributed by atoms with van der Waals surface area (Å²) in [5.74, 6) is 1.58. The van der Waals surface area contributed by atoms with Crippen molar-refractivity contribution in [2.75, 3.05) is 7.11 Å². The normalized spacial score (nSPS) is 20.1. The van der Waals surface area contributed by atoms with Gasteiger partial charge in [-0.05, 0) is 25.2 Å². The predicted molar refractivity (Wildman–Crippen MR) is 72.4 cm³/mol. The molecule has 5 nitrogen and oxygen atoms in total. The maximum absolute atomic E-state index is 5.93. The van der Waals surface area contributed by atoms with Crippen LogP contribution in [0.1, 0.15) is 62.4 Å². The van der Waals surface area contributed by atoms with E-state index in [9.17, 15) is 0 Å². The quantitative estimate of drug-likeness (QED) is 0.800. The zero-order valence-corrected chi connectivity index (χ0v) is 11.5. The number of rotatable bonds is 6. The summed E-state index contributed by atoms with van der Waals surface area (Å²) < 4.78 is 10.8. The fourth-order valence-corrected chi connectivity index (χ4v) is 2.74. The van der Waals surface area contributed by atoms with Gasteiger partial charge in [-0.1, -0.05) is 30.5 Å². The molecule has 2 rings (SSSR count). The summed E-state index contributed by atoms with van der Waals surface area (Å²) in [5.41, 5.74) is 5.93. The Hall–Kier alpha value is -1.20. The minimum absolute atomic E-state index is 0.0752. The van der Waals surface area contributed by atoms with E-state index < -0.39 is 0 Å². The molecule has 0 radical (unpaired) electrons. The van der Waals surface area contributed by atoms with Gasteiger partial charge >= 0.3 is 0 Å². The van der Waals surface area contributed by atoms with Crippen molar-refractivity contribution in [3.8, 4) is 0 Å².